The molecule has 0 saturated carbocycles. The van der Waals surface area contributed by atoms with Crippen LogP contribution in [-0.2, 0) is 12.6 Å². The molecule has 3 nitrogen and oxygen atoms in total. The lowest BCUT2D eigenvalue weighted by atomic mass is 10.00. The van der Waals surface area contributed by atoms with Crippen LogP contribution in [0.1, 0.15) is 16.7 Å². The molecule has 0 saturated heterocycles. The zero-order chi connectivity index (χ0) is 22.3. The quantitative estimate of drug-likeness (QED) is 0.293. The molecule has 0 amide bonds. The first kappa shape index (κ1) is 21.3. The minimum Gasteiger partial charge on any atom is -0.506 e. The molecule has 1 heterocycles. The van der Waals surface area contributed by atoms with Gasteiger partial charge >= 0.3 is 6.18 Å². The summed E-state index contributed by atoms with van der Waals surface area (Å²) in [5, 5.41) is 10.3. The largest absolute Gasteiger partial charge is 0.506 e. The van der Waals surface area contributed by atoms with E-state index in [-0.39, 0.29) is 34.9 Å². The van der Waals surface area contributed by atoms with Crippen LogP contribution >= 0.6 is 11.9 Å². The van der Waals surface area contributed by atoms with E-state index >= 15 is 0 Å². The number of hydrogen-bond acceptors (Lipinski definition) is 4. The molecular weight excluding hydrogens is 437 g/mol. The van der Waals surface area contributed by atoms with Gasteiger partial charge in [-0.1, -0.05) is 6.07 Å². The summed E-state index contributed by atoms with van der Waals surface area (Å²) < 4.78 is 77.2. The van der Waals surface area contributed by atoms with Crippen molar-refractivity contribution < 1.29 is 31.8 Å². The Hall–Kier alpha value is -2.94. The van der Waals surface area contributed by atoms with Crippen molar-refractivity contribution in [3.05, 3.63) is 70.8 Å². The standard InChI is InChI=1S/C22H16F5NO2S/c1-11-6-12-4-5-30-19-3-2-13(22(25,26)27)8-15(19)14-9-18(17(24)10-16(14)23)28-31-20(7-12)21(11)29/h2-3,6-10,28-29H,4-5H2,1H3. The Kier molecular flexibility index (Phi) is 5.47. The fourth-order valence-electron chi connectivity index (χ4n) is 3.31. The van der Waals surface area contributed by atoms with Crippen LogP contribution in [0.15, 0.2) is 47.4 Å². The molecule has 0 atom stereocenters. The summed E-state index contributed by atoms with van der Waals surface area (Å²) in [6.07, 6.45) is -4.25. The highest BCUT2D eigenvalue weighted by Crippen LogP contribution is 2.41. The lowest BCUT2D eigenvalue weighted by Crippen LogP contribution is -2.07. The van der Waals surface area contributed by atoms with Crippen LogP contribution in [0, 0.1) is 18.6 Å². The molecule has 0 aliphatic carbocycles. The Balaban J connectivity index is 1.89. The van der Waals surface area contributed by atoms with E-state index in [9.17, 15) is 27.1 Å². The van der Waals surface area contributed by atoms with Crippen LogP contribution in [0.25, 0.3) is 11.1 Å². The molecular formula is C22H16F5NO2S. The van der Waals surface area contributed by atoms with Crippen LogP contribution in [0.2, 0.25) is 0 Å². The number of halogens is 5. The Labute approximate surface area is 179 Å². The normalized spacial score (nSPS) is 13.7. The number of phenolic OH excluding ortho intramolecular Hbond substituents is 1. The van der Waals surface area contributed by atoms with Gasteiger partial charge in [0.2, 0.25) is 0 Å². The average Bonchev–Trinajstić information content (AvgIpc) is 2.70. The van der Waals surface area contributed by atoms with Crippen LogP contribution in [0.3, 0.4) is 0 Å². The summed E-state index contributed by atoms with van der Waals surface area (Å²) in [6.45, 7) is 1.82. The minimum absolute atomic E-state index is 0.0119. The molecule has 2 N–H and O–H groups in total. The van der Waals surface area contributed by atoms with Crippen LogP contribution < -0.4 is 9.46 Å². The van der Waals surface area contributed by atoms with Crippen molar-refractivity contribution in [1.29, 1.82) is 0 Å². The van der Waals surface area contributed by atoms with Gasteiger partial charge in [0.25, 0.3) is 0 Å². The number of ether oxygens (including phenoxy) is 1. The maximum atomic E-state index is 14.6. The van der Waals surface area contributed by atoms with E-state index in [2.05, 4.69) is 4.72 Å². The third-order valence-corrected chi connectivity index (χ3v) is 5.75. The maximum Gasteiger partial charge on any atom is 0.416 e. The Morgan fingerprint density at radius 3 is 2.52 bits per heavy atom. The monoisotopic (exact) mass is 453 g/mol. The second kappa shape index (κ2) is 7.96. The molecule has 4 bridgehead atoms. The minimum atomic E-state index is -4.64. The first-order valence-electron chi connectivity index (χ1n) is 9.22. The third kappa shape index (κ3) is 4.27. The van der Waals surface area contributed by atoms with Crippen LogP contribution in [0.5, 0.6) is 11.5 Å². The number of hydrogen-bond donors (Lipinski definition) is 2. The lowest BCUT2D eigenvalue weighted by Gasteiger charge is -2.16. The zero-order valence-corrected chi connectivity index (χ0v) is 16.9. The van der Waals surface area contributed by atoms with Gasteiger partial charge < -0.3 is 14.6 Å². The molecule has 1 aliphatic heterocycles. The summed E-state index contributed by atoms with van der Waals surface area (Å²) in [7, 11) is 0. The van der Waals surface area contributed by atoms with E-state index in [0.717, 1.165) is 41.8 Å². The molecule has 31 heavy (non-hydrogen) atoms. The molecule has 162 valence electrons. The van der Waals surface area contributed by atoms with Gasteiger partial charge in [0.05, 0.1) is 22.8 Å². The van der Waals surface area contributed by atoms with Gasteiger partial charge in [0, 0.05) is 23.6 Å². The third-order valence-electron chi connectivity index (χ3n) is 4.90. The molecule has 0 spiro atoms. The summed E-state index contributed by atoms with van der Waals surface area (Å²) in [4.78, 5) is 0.427. The smallest absolute Gasteiger partial charge is 0.416 e. The predicted molar refractivity (Wildman–Crippen MR) is 108 cm³/mol. The number of aryl methyl sites for hydroxylation is 1. The van der Waals surface area contributed by atoms with Crippen molar-refractivity contribution in [2.24, 2.45) is 0 Å². The van der Waals surface area contributed by atoms with Crippen molar-refractivity contribution >= 4 is 17.6 Å². The van der Waals surface area contributed by atoms with Gasteiger partial charge in [-0.2, -0.15) is 13.2 Å². The number of rotatable bonds is 0. The molecule has 3 aromatic carbocycles. The summed E-state index contributed by atoms with van der Waals surface area (Å²) in [5.41, 5.74) is -0.0782. The van der Waals surface area contributed by atoms with Crippen molar-refractivity contribution in [2.45, 2.75) is 24.4 Å². The number of nitrogens with one attached hydrogen (secondary N) is 1. The number of anilines is 1. The molecule has 4 rings (SSSR count). The predicted octanol–water partition coefficient (Wildman–Crippen LogP) is 6.72. The van der Waals surface area contributed by atoms with Gasteiger partial charge in [-0.05, 0) is 60.3 Å². The van der Waals surface area contributed by atoms with E-state index in [1.807, 2.05) is 0 Å². The Morgan fingerprint density at radius 2 is 1.77 bits per heavy atom. The van der Waals surface area contributed by atoms with E-state index in [1.165, 1.54) is 0 Å². The number of aromatic hydroxyl groups is 1. The van der Waals surface area contributed by atoms with E-state index < -0.39 is 23.4 Å². The zero-order valence-electron chi connectivity index (χ0n) is 16.1. The van der Waals surface area contributed by atoms with Crippen LogP contribution in [0.4, 0.5) is 27.6 Å². The van der Waals surface area contributed by atoms with Gasteiger partial charge in [0.15, 0.2) is 0 Å². The molecule has 3 aromatic rings. The highest BCUT2D eigenvalue weighted by Gasteiger charge is 2.32. The van der Waals surface area contributed by atoms with Gasteiger partial charge in [-0.15, -0.1) is 0 Å². The lowest BCUT2D eigenvalue weighted by molar-refractivity contribution is -0.137. The Bertz CT molecular complexity index is 1160. The SMILES string of the molecule is Cc1cc2cc(c1O)SNc1cc(c(F)cc1F)-c1cc(C(F)(F)F)ccc1OCC2. The number of fused-ring (bicyclic) bond motifs is 6. The maximum absolute atomic E-state index is 14.6. The van der Waals surface area contributed by atoms with Crippen molar-refractivity contribution in [2.75, 3.05) is 11.3 Å². The van der Waals surface area contributed by atoms with E-state index in [1.54, 1.807) is 19.1 Å². The van der Waals surface area contributed by atoms with Gasteiger partial charge in [-0.3, -0.25) is 0 Å². The summed E-state index contributed by atoms with van der Waals surface area (Å²) in [5.74, 6) is -1.89. The number of benzene rings is 3. The molecule has 9 heteroatoms. The summed E-state index contributed by atoms with van der Waals surface area (Å²) in [6, 6.07) is 7.94. The Morgan fingerprint density at radius 1 is 1.00 bits per heavy atom. The summed E-state index contributed by atoms with van der Waals surface area (Å²) >= 11 is 0.919. The first-order chi connectivity index (χ1) is 14.6. The average molecular weight is 453 g/mol. The van der Waals surface area contributed by atoms with Crippen molar-refractivity contribution in [3.8, 4) is 22.6 Å². The topological polar surface area (TPSA) is 41.5 Å². The van der Waals surface area contributed by atoms with E-state index in [4.69, 9.17) is 4.74 Å². The molecule has 0 fully saturated rings. The fraction of sp³-hybridized carbons (Fsp3) is 0.182. The van der Waals surface area contributed by atoms with Crippen molar-refractivity contribution in [1.82, 2.24) is 0 Å². The molecule has 0 aromatic heterocycles. The molecule has 1 aliphatic rings. The second-order valence-corrected chi connectivity index (χ2v) is 7.93. The van der Waals surface area contributed by atoms with Gasteiger partial charge in [-0.25, -0.2) is 8.78 Å². The second-order valence-electron chi connectivity index (χ2n) is 7.08. The van der Waals surface area contributed by atoms with Crippen molar-refractivity contribution in [3.63, 3.8) is 0 Å². The van der Waals surface area contributed by atoms with Crippen LogP contribution in [-0.4, -0.2) is 11.7 Å². The van der Waals surface area contributed by atoms with E-state index in [0.29, 0.717) is 22.9 Å². The number of phenols is 1. The molecule has 0 unspecified atom stereocenters. The number of alkyl halides is 3. The first-order valence-corrected chi connectivity index (χ1v) is 10.0. The highest BCUT2D eigenvalue weighted by atomic mass is 32.2. The van der Waals surface area contributed by atoms with Gasteiger partial charge in [0.1, 0.15) is 23.1 Å². The fourth-order valence-corrected chi connectivity index (χ4v) is 4.15. The highest BCUT2D eigenvalue weighted by molar-refractivity contribution is 8.00. The molecule has 0 radical (unpaired) electrons.